The lowest BCUT2D eigenvalue weighted by atomic mass is 10.2. The Morgan fingerprint density at radius 2 is 1.90 bits per heavy atom. The molecule has 20 heavy (non-hydrogen) atoms. The van der Waals surface area contributed by atoms with Crippen LogP contribution in [0.15, 0.2) is 42.6 Å². The van der Waals surface area contributed by atoms with Crippen LogP contribution >= 0.6 is 0 Å². The van der Waals surface area contributed by atoms with Crippen molar-refractivity contribution in [1.82, 2.24) is 14.6 Å². The van der Waals surface area contributed by atoms with Crippen molar-refractivity contribution in [2.24, 2.45) is 0 Å². The van der Waals surface area contributed by atoms with Crippen molar-refractivity contribution >= 4 is 5.65 Å². The molecule has 0 N–H and O–H groups in total. The topological polar surface area (TPSA) is 39.4 Å². The molecule has 0 unspecified atom stereocenters. The van der Waals surface area contributed by atoms with Gasteiger partial charge >= 0.3 is 0 Å². The minimum atomic E-state index is 0.582. The van der Waals surface area contributed by atoms with Crippen LogP contribution in [0, 0.1) is 13.8 Å². The van der Waals surface area contributed by atoms with Crippen LogP contribution in [0.2, 0.25) is 0 Å². The molecule has 1 aromatic carbocycles. The quantitative estimate of drug-likeness (QED) is 0.729. The fourth-order valence-corrected chi connectivity index (χ4v) is 2.08. The van der Waals surface area contributed by atoms with Crippen LogP contribution in [-0.2, 0) is 6.42 Å². The lowest BCUT2D eigenvalue weighted by Gasteiger charge is -2.04. The summed E-state index contributed by atoms with van der Waals surface area (Å²) in [5, 5.41) is 4.44. The molecule has 0 fully saturated rings. The largest absolute Gasteiger partial charge is 0.493 e. The molecule has 3 aromatic rings. The SMILES string of the molecule is Cc1ccc(OCCc2nc3c(C)cccn3n2)cc1. The highest BCUT2D eigenvalue weighted by Gasteiger charge is 2.05. The van der Waals surface area contributed by atoms with E-state index in [4.69, 9.17) is 4.74 Å². The van der Waals surface area contributed by atoms with Crippen LogP contribution < -0.4 is 4.74 Å². The first-order valence-electron chi connectivity index (χ1n) is 6.73. The van der Waals surface area contributed by atoms with E-state index < -0.39 is 0 Å². The molecule has 3 rings (SSSR count). The molecule has 0 radical (unpaired) electrons. The first-order valence-corrected chi connectivity index (χ1v) is 6.73. The van der Waals surface area contributed by atoms with Crippen LogP contribution in [0.3, 0.4) is 0 Å². The number of aromatic nitrogens is 3. The maximum atomic E-state index is 5.70. The van der Waals surface area contributed by atoms with Gasteiger partial charge in [0.05, 0.1) is 6.61 Å². The Labute approximate surface area is 118 Å². The van der Waals surface area contributed by atoms with Gasteiger partial charge in [-0.15, -0.1) is 0 Å². The van der Waals surface area contributed by atoms with Crippen molar-refractivity contribution in [3.63, 3.8) is 0 Å². The van der Waals surface area contributed by atoms with Crippen molar-refractivity contribution in [3.8, 4) is 5.75 Å². The fraction of sp³-hybridized carbons (Fsp3) is 0.250. The minimum absolute atomic E-state index is 0.582. The third-order valence-corrected chi connectivity index (χ3v) is 3.22. The van der Waals surface area contributed by atoms with Crippen LogP contribution in [0.25, 0.3) is 5.65 Å². The molecule has 2 aromatic heterocycles. The Hall–Kier alpha value is -2.36. The van der Waals surface area contributed by atoms with Crippen molar-refractivity contribution in [2.45, 2.75) is 20.3 Å². The fourth-order valence-electron chi connectivity index (χ4n) is 2.08. The number of pyridine rings is 1. The molecule has 0 saturated carbocycles. The summed E-state index contributed by atoms with van der Waals surface area (Å²) in [6.45, 7) is 4.68. The minimum Gasteiger partial charge on any atom is -0.493 e. The molecule has 0 amide bonds. The maximum absolute atomic E-state index is 5.70. The Balaban J connectivity index is 1.65. The van der Waals surface area contributed by atoms with Gasteiger partial charge in [-0.05, 0) is 37.6 Å². The smallest absolute Gasteiger partial charge is 0.158 e. The van der Waals surface area contributed by atoms with Gasteiger partial charge in [-0.1, -0.05) is 23.8 Å². The molecule has 0 spiro atoms. The Kier molecular flexibility index (Phi) is 3.37. The molecular weight excluding hydrogens is 250 g/mol. The Morgan fingerprint density at radius 3 is 2.65 bits per heavy atom. The summed E-state index contributed by atoms with van der Waals surface area (Å²) in [6, 6.07) is 12.1. The van der Waals surface area contributed by atoms with Gasteiger partial charge in [0.25, 0.3) is 0 Å². The highest BCUT2D eigenvalue weighted by molar-refractivity contribution is 5.45. The zero-order chi connectivity index (χ0) is 13.9. The summed E-state index contributed by atoms with van der Waals surface area (Å²) in [5.41, 5.74) is 3.28. The van der Waals surface area contributed by atoms with Gasteiger partial charge in [0, 0.05) is 12.6 Å². The highest BCUT2D eigenvalue weighted by atomic mass is 16.5. The summed E-state index contributed by atoms with van der Waals surface area (Å²) >= 11 is 0. The van der Waals surface area contributed by atoms with Crippen molar-refractivity contribution in [2.75, 3.05) is 6.61 Å². The highest BCUT2D eigenvalue weighted by Crippen LogP contribution is 2.12. The number of hydrogen-bond donors (Lipinski definition) is 0. The van der Waals surface area contributed by atoms with Crippen molar-refractivity contribution in [3.05, 3.63) is 59.5 Å². The van der Waals surface area contributed by atoms with Gasteiger partial charge in [-0.2, -0.15) is 5.10 Å². The monoisotopic (exact) mass is 267 g/mol. The Bertz CT molecular complexity index is 716. The lowest BCUT2D eigenvalue weighted by molar-refractivity contribution is 0.319. The summed E-state index contributed by atoms with van der Waals surface area (Å²) in [6.07, 6.45) is 2.62. The Morgan fingerprint density at radius 1 is 1.10 bits per heavy atom. The third kappa shape index (κ3) is 2.64. The molecule has 0 atom stereocenters. The number of rotatable bonds is 4. The molecule has 4 nitrogen and oxygen atoms in total. The van der Waals surface area contributed by atoms with Crippen LogP contribution in [0.5, 0.6) is 5.75 Å². The van der Waals surface area contributed by atoms with E-state index in [0.717, 1.165) is 22.8 Å². The molecule has 4 heteroatoms. The zero-order valence-electron chi connectivity index (χ0n) is 11.7. The maximum Gasteiger partial charge on any atom is 0.158 e. The number of nitrogens with zero attached hydrogens (tertiary/aromatic N) is 3. The van der Waals surface area contributed by atoms with Crippen molar-refractivity contribution < 1.29 is 4.74 Å². The van der Waals surface area contributed by atoms with E-state index >= 15 is 0 Å². The number of benzene rings is 1. The molecule has 0 bridgehead atoms. The van der Waals surface area contributed by atoms with Crippen LogP contribution in [0.1, 0.15) is 17.0 Å². The van der Waals surface area contributed by atoms with E-state index in [-0.39, 0.29) is 0 Å². The van der Waals surface area contributed by atoms with Gasteiger partial charge in [-0.25, -0.2) is 9.50 Å². The summed E-state index contributed by atoms with van der Waals surface area (Å²) < 4.78 is 7.52. The molecule has 0 aliphatic carbocycles. The van der Waals surface area contributed by atoms with Gasteiger partial charge in [0.15, 0.2) is 11.5 Å². The van der Waals surface area contributed by atoms with E-state index in [0.29, 0.717) is 13.0 Å². The molecular formula is C16H17N3O. The second-order valence-electron chi connectivity index (χ2n) is 4.90. The second-order valence-corrected chi connectivity index (χ2v) is 4.90. The molecule has 0 saturated heterocycles. The molecule has 102 valence electrons. The van der Waals surface area contributed by atoms with E-state index in [1.54, 1.807) is 0 Å². The number of aryl methyl sites for hydroxylation is 2. The number of fused-ring (bicyclic) bond motifs is 1. The normalized spacial score (nSPS) is 10.9. The van der Waals surface area contributed by atoms with E-state index in [9.17, 15) is 0 Å². The molecule has 0 aliphatic rings. The first kappa shape index (κ1) is 12.7. The summed E-state index contributed by atoms with van der Waals surface area (Å²) in [5.74, 6) is 1.70. The average Bonchev–Trinajstić information content (AvgIpc) is 2.85. The van der Waals surface area contributed by atoms with E-state index in [1.165, 1.54) is 5.56 Å². The number of ether oxygens (including phenoxy) is 1. The van der Waals surface area contributed by atoms with E-state index in [2.05, 4.69) is 17.0 Å². The third-order valence-electron chi connectivity index (χ3n) is 3.22. The predicted molar refractivity (Wildman–Crippen MR) is 78.1 cm³/mol. The van der Waals surface area contributed by atoms with Crippen LogP contribution in [-0.4, -0.2) is 21.2 Å². The second kappa shape index (κ2) is 5.33. The standard InChI is InChI=1S/C16H17N3O/c1-12-5-7-14(8-6-12)20-11-9-15-17-16-13(2)4-3-10-19(16)18-15/h3-8,10H,9,11H2,1-2H3. The van der Waals surface area contributed by atoms with Crippen LogP contribution in [0.4, 0.5) is 0 Å². The van der Waals surface area contributed by atoms with Gasteiger partial charge < -0.3 is 4.74 Å². The van der Waals surface area contributed by atoms with Gasteiger partial charge in [0.2, 0.25) is 0 Å². The lowest BCUT2D eigenvalue weighted by Crippen LogP contribution is -2.03. The average molecular weight is 267 g/mol. The number of hydrogen-bond acceptors (Lipinski definition) is 3. The molecule has 2 heterocycles. The zero-order valence-corrected chi connectivity index (χ0v) is 11.7. The molecule has 0 aliphatic heterocycles. The van der Waals surface area contributed by atoms with Gasteiger partial charge in [0.1, 0.15) is 5.75 Å². The van der Waals surface area contributed by atoms with E-state index in [1.807, 2.05) is 54.0 Å². The van der Waals surface area contributed by atoms with Gasteiger partial charge in [-0.3, -0.25) is 0 Å². The summed E-state index contributed by atoms with van der Waals surface area (Å²) in [7, 11) is 0. The predicted octanol–water partition coefficient (Wildman–Crippen LogP) is 2.97. The first-order chi connectivity index (χ1) is 9.72. The van der Waals surface area contributed by atoms with Crippen molar-refractivity contribution in [1.29, 1.82) is 0 Å². The summed E-state index contributed by atoms with van der Waals surface area (Å²) in [4.78, 5) is 4.53.